The van der Waals surface area contributed by atoms with Gasteiger partial charge in [-0.15, -0.1) is 0 Å². The van der Waals surface area contributed by atoms with Crippen LogP contribution in [0, 0.1) is 0 Å². The molecule has 0 saturated heterocycles. The van der Waals surface area contributed by atoms with Gasteiger partial charge in [0.1, 0.15) is 0 Å². The van der Waals surface area contributed by atoms with Crippen molar-refractivity contribution in [3.05, 3.63) is 18.3 Å². The molecule has 4 nitrogen and oxygen atoms in total. The quantitative estimate of drug-likeness (QED) is 0.750. The van der Waals surface area contributed by atoms with Gasteiger partial charge < -0.3 is 4.74 Å². The SMILES string of the molecule is CC(C)Oc1cccnc1S(=O)(=O)Cl. The van der Waals surface area contributed by atoms with Gasteiger partial charge in [-0.05, 0) is 26.0 Å². The van der Waals surface area contributed by atoms with Crippen molar-refractivity contribution in [1.82, 2.24) is 4.98 Å². The van der Waals surface area contributed by atoms with E-state index >= 15 is 0 Å². The first-order valence-corrected chi connectivity index (χ1v) is 6.28. The Bertz CT molecular complexity index is 416. The van der Waals surface area contributed by atoms with Crippen molar-refractivity contribution in [2.45, 2.75) is 25.0 Å². The van der Waals surface area contributed by atoms with Crippen molar-refractivity contribution in [1.29, 1.82) is 0 Å². The predicted octanol–water partition coefficient (Wildman–Crippen LogP) is 1.80. The van der Waals surface area contributed by atoms with E-state index in [1.54, 1.807) is 19.9 Å². The lowest BCUT2D eigenvalue weighted by Crippen LogP contribution is -2.09. The maximum absolute atomic E-state index is 11.1. The molecule has 1 heterocycles. The van der Waals surface area contributed by atoms with E-state index < -0.39 is 9.05 Å². The van der Waals surface area contributed by atoms with Crippen LogP contribution in [0.2, 0.25) is 0 Å². The summed E-state index contributed by atoms with van der Waals surface area (Å²) in [5.74, 6) is 0.178. The molecule has 78 valence electrons. The third-order valence-corrected chi connectivity index (χ3v) is 2.54. The molecule has 0 radical (unpaired) electrons. The van der Waals surface area contributed by atoms with Gasteiger partial charge in [-0.25, -0.2) is 13.4 Å². The van der Waals surface area contributed by atoms with Gasteiger partial charge in [-0.2, -0.15) is 0 Å². The van der Waals surface area contributed by atoms with E-state index in [9.17, 15) is 8.42 Å². The van der Waals surface area contributed by atoms with Crippen LogP contribution in [0.5, 0.6) is 5.75 Å². The van der Waals surface area contributed by atoms with Gasteiger partial charge >= 0.3 is 0 Å². The molecule has 0 aromatic carbocycles. The molecule has 1 rings (SSSR count). The molecule has 0 unspecified atom stereocenters. The summed E-state index contributed by atoms with van der Waals surface area (Å²) in [4.78, 5) is 3.66. The second-order valence-corrected chi connectivity index (χ2v) is 5.39. The molecule has 1 aromatic rings. The first-order chi connectivity index (χ1) is 6.41. The average Bonchev–Trinajstić information content (AvgIpc) is 2.01. The van der Waals surface area contributed by atoms with Crippen molar-refractivity contribution in [3.8, 4) is 5.75 Å². The maximum atomic E-state index is 11.1. The molecule has 14 heavy (non-hydrogen) atoms. The Morgan fingerprint density at radius 2 is 2.14 bits per heavy atom. The Balaban J connectivity index is 3.17. The van der Waals surface area contributed by atoms with Crippen LogP contribution < -0.4 is 4.74 Å². The highest BCUT2D eigenvalue weighted by molar-refractivity contribution is 8.13. The molecule has 1 aromatic heterocycles. The van der Waals surface area contributed by atoms with Gasteiger partial charge in [0.05, 0.1) is 6.10 Å². The molecule has 0 aliphatic rings. The molecule has 0 spiro atoms. The zero-order chi connectivity index (χ0) is 10.8. The molecule has 0 aliphatic heterocycles. The summed E-state index contributed by atoms with van der Waals surface area (Å²) in [7, 11) is 1.33. The van der Waals surface area contributed by atoms with E-state index in [1.165, 1.54) is 12.3 Å². The minimum absolute atomic E-state index is 0.128. The predicted molar refractivity (Wildman–Crippen MR) is 53.0 cm³/mol. The van der Waals surface area contributed by atoms with Crippen LogP contribution in [-0.4, -0.2) is 19.5 Å². The number of hydrogen-bond donors (Lipinski definition) is 0. The zero-order valence-electron chi connectivity index (χ0n) is 7.77. The smallest absolute Gasteiger partial charge is 0.282 e. The Morgan fingerprint density at radius 1 is 1.50 bits per heavy atom. The first-order valence-electron chi connectivity index (χ1n) is 3.97. The summed E-state index contributed by atoms with van der Waals surface area (Å²) >= 11 is 0. The molecule has 0 fully saturated rings. The van der Waals surface area contributed by atoms with Crippen LogP contribution in [-0.2, 0) is 9.05 Å². The van der Waals surface area contributed by atoms with E-state index in [1.807, 2.05) is 0 Å². The van der Waals surface area contributed by atoms with Gasteiger partial charge in [0.2, 0.25) is 5.03 Å². The van der Waals surface area contributed by atoms with E-state index in [0.29, 0.717) is 0 Å². The van der Waals surface area contributed by atoms with Crippen molar-refractivity contribution in [2.75, 3.05) is 0 Å². The number of pyridine rings is 1. The third kappa shape index (κ3) is 2.85. The summed E-state index contributed by atoms with van der Waals surface area (Å²) in [6.07, 6.45) is 1.22. The van der Waals surface area contributed by atoms with Crippen molar-refractivity contribution < 1.29 is 13.2 Å². The van der Waals surface area contributed by atoms with Crippen molar-refractivity contribution in [2.24, 2.45) is 0 Å². The zero-order valence-corrected chi connectivity index (χ0v) is 9.34. The molecular formula is C8H10ClNO3S. The highest BCUT2D eigenvalue weighted by Crippen LogP contribution is 2.24. The van der Waals surface area contributed by atoms with E-state index in [2.05, 4.69) is 4.98 Å². The highest BCUT2D eigenvalue weighted by atomic mass is 35.7. The largest absolute Gasteiger partial charge is 0.488 e. The second kappa shape index (κ2) is 4.14. The van der Waals surface area contributed by atoms with E-state index in [4.69, 9.17) is 15.4 Å². The Labute approximate surface area is 87.3 Å². The van der Waals surface area contributed by atoms with Crippen LogP contribution in [0.25, 0.3) is 0 Å². The van der Waals surface area contributed by atoms with E-state index in [-0.39, 0.29) is 16.9 Å². The van der Waals surface area contributed by atoms with Gasteiger partial charge in [-0.3, -0.25) is 0 Å². The number of hydrogen-bond acceptors (Lipinski definition) is 4. The van der Waals surface area contributed by atoms with E-state index in [0.717, 1.165) is 0 Å². The number of nitrogens with zero attached hydrogens (tertiary/aromatic N) is 1. The minimum Gasteiger partial charge on any atom is -0.488 e. The fourth-order valence-electron chi connectivity index (χ4n) is 0.903. The molecule has 0 aliphatic carbocycles. The van der Waals surface area contributed by atoms with Crippen molar-refractivity contribution in [3.63, 3.8) is 0 Å². The number of halogens is 1. The summed E-state index contributed by atoms with van der Waals surface area (Å²) in [5, 5.41) is -0.240. The molecule has 0 bridgehead atoms. The lowest BCUT2D eigenvalue weighted by atomic mass is 10.4. The Kier molecular flexibility index (Phi) is 3.34. The molecular weight excluding hydrogens is 226 g/mol. The summed E-state index contributed by atoms with van der Waals surface area (Å²) < 4.78 is 27.4. The molecule has 0 saturated carbocycles. The highest BCUT2D eigenvalue weighted by Gasteiger charge is 2.18. The lowest BCUT2D eigenvalue weighted by molar-refractivity contribution is 0.234. The van der Waals surface area contributed by atoms with Crippen LogP contribution >= 0.6 is 10.7 Å². The number of ether oxygens (including phenoxy) is 1. The van der Waals surface area contributed by atoms with Crippen LogP contribution in [0.1, 0.15) is 13.8 Å². The maximum Gasteiger partial charge on any atom is 0.282 e. The normalized spacial score (nSPS) is 11.7. The third-order valence-electron chi connectivity index (χ3n) is 1.33. The van der Waals surface area contributed by atoms with Gasteiger partial charge in [0.15, 0.2) is 5.75 Å². The lowest BCUT2D eigenvalue weighted by Gasteiger charge is -2.10. The Morgan fingerprint density at radius 3 is 2.64 bits per heavy atom. The fraction of sp³-hybridized carbons (Fsp3) is 0.375. The average molecular weight is 236 g/mol. The fourth-order valence-corrected chi connectivity index (χ4v) is 1.79. The molecule has 0 amide bonds. The Hall–Kier alpha value is -0.810. The first kappa shape index (κ1) is 11.3. The number of rotatable bonds is 3. The topological polar surface area (TPSA) is 56.3 Å². The standard InChI is InChI=1S/C8H10ClNO3S/c1-6(2)13-7-4-3-5-10-8(7)14(9,11)12/h3-6H,1-2H3. The van der Waals surface area contributed by atoms with Crippen molar-refractivity contribution >= 4 is 19.7 Å². The molecule has 0 N–H and O–H groups in total. The monoisotopic (exact) mass is 235 g/mol. The van der Waals surface area contributed by atoms with Crippen LogP contribution in [0.4, 0.5) is 0 Å². The number of aromatic nitrogens is 1. The molecule has 6 heteroatoms. The summed E-state index contributed by atoms with van der Waals surface area (Å²) in [6.45, 7) is 3.58. The van der Waals surface area contributed by atoms with Gasteiger partial charge in [0.25, 0.3) is 9.05 Å². The summed E-state index contributed by atoms with van der Waals surface area (Å²) in [6, 6.07) is 3.10. The summed E-state index contributed by atoms with van der Waals surface area (Å²) in [5.41, 5.74) is 0. The second-order valence-electron chi connectivity index (χ2n) is 2.91. The molecule has 0 atom stereocenters. The van der Waals surface area contributed by atoms with Gasteiger partial charge in [0, 0.05) is 16.9 Å². The van der Waals surface area contributed by atoms with Crippen LogP contribution in [0.15, 0.2) is 23.4 Å². The van der Waals surface area contributed by atoms with Crippen LogP contribution in [0.3, 0.4) is 0 Å². The van der Waals surface area contributed by atoms with Gasteiger partial charge in [-0.1, -0.05) is 0 Å². The minimum atomic E-state index is -3.84.